The van der Waals surface area contributed by atoms with E-state index in [4.69, 9.17) is 5.73 Å². The molecule has 0 aromatic heterocycles. The third kappa shape index (κ3) is 3.32. The number of rotatable bonds is 5. The SMILES string of the molecule is CCC(CC)C(CN)c1cccc(Br)c1. The lowest BCUT2D eigenvalue weighted by molar-refractivity contribution is 0.402. The fourth-order valence-corrected chi connectivity index (χ4v) is 2.61. The third-order valence-corrected chi connectivity index (χ3v) is 3.64. The Labute approximate surface area is 101 Å². The molecule has 0 aliphatic carbocycles. The van der Waals surface area contributed by atoms with Crippen molar-refractivity contribution in [2.45, 2.75) is 32.6 Å². The fraction of sp³-hybridized carbons (Fsp3) is 0.538. The molecular weight excluding hydrogens is 250 g/mol. The van der Waals surface area contributed by atoms with Crippen LogP contribution in [0, 0.1) is 5.92 Å². The summed E-state index contributed by atoms with van der Waals surface area (Å²) in [6.45, 7) is 5.23. The van der Waals surface area contributed by atoms with Gasteiger partial charge in [0, 0.05) is 4.47 Å². The monoisotopic (exact) mass is 269 g/mol. The molecule has 0 aliphatic heterocycles. The highest BCUT2D eigenvalue weighted by molar-refractivity contribution is 9.10. The van der Waals surface area contributed by atoms with Gasteiger partial charge in [0.1, 0.15) is 0 Å². The Morgan fingerprint density at radius 3 is 2.40 bits per heavy atom. The Morgan fingerprint density at radius 2 is 1.93 bits per heavy atom. The molecular formula is C13H20BrN. The Balaban J connectivity index is 2.90. The third-order valence-electron chi connectivity index (χ3n) is 3.15. The van der Waals surface area contributed by atoms with Crippen LogP contribution in [0.15, 0.2) is 28.7 Å². The normalized spacial score (nSPS) is 13.1. The van der Waals surface area contributed by atoms with Gasteiger partial charge in [-0.2, -0.15) is 0 Å². The minimum absolute atomic E-state index is 0.498. The van der Waals surface area contributed by atoms with Crippen molar-refractivity contribution in [1.82, 2.24) is 0 Å². The molecule has 0 amide bonds. The Hall–Kier alpha value is -0.340. The molecule has 1 unspecified atom stereocenters. The van der Waals surface area contributed by atoms with Crippen LogP contribution in [0.25, 0.3) is 0 Å². The molecule has 0 radical (unpaired) electrons. The predicted octanol–water partition coefficient (Wildman–Crippen LogP) is 3.93. The smallest absolute Gasteiger partial charge is 0.0178 e. The second kappa shape index (κ2) is 6.29. The molecule has 0 aliphatic rings. The maximum atomic E-state index is 5.89. The molecule has 0 heterocycles. The summed E-state index contributed by atoms with van der Waals surface area (Å²) in [6.07, 6.45) is 2.40. The molecule has 1 aromatic carbocycles. The highest BCUT2D eigenvalue weighted by Gasteiger charge is 2.18. The van der Waals surface area contributed by atoms with Crippen LogP contribution >= 0.6 is 15.9 Å². The average Bonchev–Trinajstić information content (AvgIpc) is 2.25. The van der Waals surface area contributed by atoms with Gasteiger partial charge in [-0.3, -0.25) is 0 Å². The molecule has 2 heteroatoms. The van der Waals surface area contributed by atoms with Crippen molar-refractivity contribution in [2.75, 3.05) is 6.54 Å². The van der Waals surface area contributed by atoms with Crippen molar-refractivity contribution >= 4 is 15.9 Å². The summed E-state index contributed by atoms with van der Waals surface area (Å²) in [5.74, 6) is 1.20. The van der Waals surface area contributed by atoms with Crippen molar-refractivity contribution in [3.63, 3.8) is 0 Å². The van der Waals surface area contributed by atoms with Crippen LogP contribution in [0.4, 0.5) is 0 Å². The van der Waals surface area contributed by atoms with Gasteiger partial charge < -0.3 is 5.73 Å². The summed E-state index contributed by atoms with van der Waals surface area (Å²) in [5.41, 5.74) is 7.25. The minimum atomic E-state index is 0.498. The minimum Gasteiger partial charge on any atom is -0.330 e. The summed E-state index contributed by atoms with van der Waals surface area (Å²) in [7, 11) is 0. The molecule has 0 fully saturated rings. The van der Waals surface area contributed by atoms with E-state index >= 15 is 0 Å². The average molecular weight is 270 g/mol. The molecule has 2 N–H and O–H groups in total. The van der Waals surface area contributed by atoms with Gasteiger partial charge in [0.05, 0.1) is 0 Å². The van der Waals surface area contributed by atoms with E-state index in [0.29, 0.717) is 11.8 Å². The topological polar surface area (TPSA) is 26.0 Å². The second-order valence-electron chi connectivity index (χ2n) is 3.97. The highest BCUT2D eigenvalue weighted by atomic mass is 79.9. The van der Waals surface area contributed by atoms with E-state index < -0.39 is 0 Å². The summed E-state index contributed by atoms with van der Waals surface area (Å²) >= 11 is 3.51. The van der Waals surface area contributed by atoms with E-state index in [1.165, 1.54) is 18.4 Å². The first kappa shape index (κ1) is 12.7. The van der Waals surface area contributed by atoms with Crippen LogP contribution < -0.4 is 5.73 Å². The lowest BCUT2D eigenvalue weighted by atomic mass is 9.83. The predicted molar refractivity (Wildman–Crippen MR) is 70.0 cm³/mol. The van der Waals surface area contributed by atoms with Crippen molar-refractivity contribution in [3.05, 3.63) is 34.3 Å². The number of hydrogen-bond acceptors (Lipinski definition) is 1. The van der Waals surface area contributed by atoms with Crippen molar-refractivity contribution in [3.8, 4) is 0 Å². The summed E-state index contributed by atoms with van der Waals surface area (Å²) in [4.78, 5) is 0. The number of halogens is 1. The van der Waals surface area contributed by atoms with Crippen LogP contribution in [-0.2, 0) is 0 Å². The summed E-state index contributed by atoms with van der Waals surface area (Å²) in [5, 5.41) is 0. The Morgan fingerprint density at radius 1 is 1.27 bits per heavy atom. The molecule has 1 aromatic rings. The Bertz CT molecular complexity index is 294. The zero-order chi connectivity index (χ0) is 11.3. The van der Waals surface area contributed by atoms with E-state index in [1.54, 1.807) is 0 Å². The first-order valence-corrected chi connectivity index (χ1v) is 6.47. The maximum absolute atomic E-state index is 5.89. The second-order valence-corrected chi connectivity index (χ2v) is 4.89. The molecule has 0 spiro atoms. The summed E-state index contributed by atoms with van der Waals surface area (Å²) in [6, 6.07) is 8.52. The quantitative estimate of drug-likeness (QED) is 0.862. The Kier molecular flexibility index (Phi) is 5.34. The molecule has 0 saturated heterocycles. The highest BCUT2D eigenvalue weighted by Crippen LogP contribution is 2.30. The van der Waals surface area contributed by atoms with Gasteiger partial charge in [-0.1, -0.05) is 54.8 Å². The van der Waals surface area contributed by atoms with Gasteiger partial charge in [-0.15, -0.1) is 0 Å². The van der Waals surface area contributed by atoms with Crippen molar-refractivity contribution < 1.29 is 0 Å². The van der Waals surface area contributed by atoms with Crippen LogP contribution in [0.3, 0.4) is 0 Å². The van der Waals surface area contributed by atoms with E-state index in [2.05, 4.69) is 54.0 Å². The molecule has 84 valence electrons. The van der Waals surface area contributed by atoms with E-state index in [0.717, 1.165) is 11.0 Å². The van der Waals surface area contributed by atoms with Gasteiger partial charge in [0.2, 0.25) is 0 Å². The zero-order valence-corrected chi connectivity index (χ0v) is 11.1. The lowest BCUT2D eigenvalue weighted by Crippen LogP contribution is -2.20. The van der Waals surface area contributed by atoms with Gasteiger partial charge in [0.15, 0.2) is 0 Å². The molecule has 0 saturated carbocycles. The molecule has 1 nitrogen and oxygen atoms in total. The summed E-state index contributed by atoms with van der Waals surface area (Å²) < 4.78 is 1.14. The number of hydrogen-bond donors (Lipinski definition) is 1. The molecule has 1 rings (SSSR count). The van der Waals surface area contributed by atoms with E-state index in [1.807, 2.05) is 0 Å². The van der Waals surface area contributed by atoms with Crippen LogP contribution in [-0.4, -0.2) is 6.54 Å². The van der Waals surface area contributed by atoms with Gasteiger partial charge >= 0.3 is 0 Å². The maximum Gasteiger partial charge on any atom is 0.0178 e. The van der Waals surface area contributed by atoms with E-state index in [9.17, 15) is 0 Å². The van der Waals surface area contributed by atoms with Gasteiger partial charge in [0.25, 0.3) is 0 Å². The van der Waals surface area contributed by atoms with Crippen molar-refractivity contribution in [2.24, 2.45) is 11.7 Å². The molecule has 1 atom stereocenters. The lowest BCUT2D eigenvalue weighted by Gasteiger charge is -2.24. The number of nitrogens with two attached hydrogens (primary N) is 1. The zero-order valence-electron chi connectivity index (χ0n) is 9.54. The fourth-order valence-electron chi connectivity index (χ4n) is 2.20. The first-order chi connectivity index (χ1) is 7.22. The van der Waals surface area contributed by atoms with Gasteiger partial charge in [-0.05, 0) is 36.1 Å². The largest absolute Gasteiger partial charge is 0.330 e. The number of benzene rings is 1. The van der Waals surface area contributed by atoms with Crippen LogP contribution in [0.1, 0.15) is 38.2 Å². The molecule has 0 bridgehead atoms. The molecule has 15 heavy (non-hydrogen) atoms. The van der Waals surface area contributed by atoms with Crippen LogP contribution in [0.2, 0.25) is 0 Å². The van der Waals surface area contributed by atoms with Crippen LogP contribution in [0.5, 0.6) is 0 Å². The standard InChI is InChI=1S/C13H20BrN/c1-3-10(4-2)13(9-15)11-6-5-7-12(14)8-11/h5-8,10,13H,3-4,9,15H2,1-2H3. The van der Waals surface area contributed by atoms with E-state index in [-0.39, 0.29) is 0 Å². The first-order valence-electron chi connectivity index (χ1n) is 5.68. The van der Waals surface area contributed by atoms with Crippen molar-refractivity contribution in [1.29, 1.82) is 0 Å². The van der Waals surface area contributed by atoms with Gasteiger partial charge in [-0.25, -0.2) is 0 Å².